The molecule has 1 aliphatic rings. The predicted octanol–water partition coefficient (Wildman–Crippen LogP) is 1.42. The first kappa shape index (κ1) is 15.8. The number of carboxylic acids is 1. The van der Waals surface area contributed by atoms with Crippen LogP contribution in [0.4, 0.5) is 0 Å². The molecule has 1 aromatic rings. The zero-order chi connectivity index (χ0) is 15.3. The van der Waals surface area contributed by atoms with E-state index < -0.39 is 5.97 Å². The number of hydrogen-bond donors (Lipinski definition) is 2. The van der Waals surface area contributed by atoms with Crippen LogP contribution in [0, 0.1) is 0 Å². The quantitative estimate of drug-likeness (QED) is 0.855. The van der Waals surface area contributed by atoms with Gasteiger partial charge in [0, 0.05) is 36.3 Å². The Balaban J connectivity index is 2.01. The van der Waals surface area contributed by atoms with E-state index in [-0.39, 0.29) is 16.3 Å². The lowest BCUT2D eigenvalue weighted by molar-refractivity contribution is 0.0690. The van der Waals surface area contributed by atoms with Gasteiger partial charge in [-0.25, -0.2) is 9.78 Å². The van der Waals surface area contributed by atoms with Crippen molar-refractivity contribution in [2.75, 3.05) is 26.0 Å². The third kappa shape index (κ3) is 3.95. The highest BCUT2D eigenvalue weighted by Gasteiger charge is 2.32. The lowest BCUT2D eigenvalue weighted by atomic mass is 9.99. The molecule has 114 valence electrons. The molecule has 2 N–H and O–H groups in total. The number of aromatic nitrogens is 1. The molecule has 6 nitrogen and oxygen atoms in total. The SMILES string of the molecule is CSC1(CNC(=O)c2ccnc(C(=O)O)c2)CCOCC1. The van der Waals surface area contributed by atoms with Crippen LogP contribution in [0.3, 0.4) is 0 Å². The van der Waals surface area contributed by atoms with E-state index >= 15 is 0 Å². The van der Waals surface area contributed by atoms with Crippen molar-refractivity contribution in [1.82, 2.24) is 10.3 Å². The smallest absolute Gasteiger partial charge is 0.354 e. The Morgan fingerprint density at radius 2 is 2.19 bits per heavy atom. The third-order valence-electron chi connectivity index (χ3n) is 3.65. The van der Waals surface area contributed by atoms with E-state index in [1.807, 2.05) is 6.26 Å². The van der Waals surface area contributed by atoms with Gasteiger partial charge in [-0.1, -0.05) is 0 Å². The minimum absolute atomic E-state index is 0.00340. The molecule has 21 heavy (non-hydrogen) atoms. The summed E-state index contributed by atoms with van der Waals surface area (Å²) in [6.07, 6.45) is 5.15. The van der Waals surface area contributed by atoms with Crippen molar-refractivity contribution in [3.8, 4) is 0 Å². The van der Waals surface area contributed by atoms with Gasteiger partial charge in [0.15, 0.2) is 0 Å². The Labute approximate surface area is 127 Å². The van der Waals surface area contributed by atoms with Gasteiger partial charge in [0.25, 0.3) is 5.91 Å². The number of carboxylic acid groups (broad SMARTS) is 1. The predicted molar refractivity (Wildman–Crippen MR) is 79.8 cm³/mol. The normalized spacial score (nSPS) is 17.2. The van der Waals surface area contributed by atoms with Crippen LogP contribution in [0.1, 0.15) is 33.7 Å². The highest BCUT2D eigenvalue weighted by molar-refractivity contribution is 8.00. The van der Waals surface area contributed by atoms with Crippen LogP contribution in [0.2, 0.25) is 0 Å². The first-order valence-electron chi connectivity index (χ1n) is 6.67. The standard InChI is InChI=1S/C14H18N2O4S/c1-21-14(3-6-20-7-4-14)9-16-12(17)10-2-5-15-11(8-10)13(18)19/h2,5,8H,3-4,6-7,9H2,1H3,(H,16,17)(H,18,19). The number of aromatic carboxylic acids is 1. The third-order valence-corrected chi connectivity index (χ3v) is 5.07. The molecule has 1 saturated heterocycles. The molecule has 0 bridgehead atoms. The molecule has 0 saturated carbocycles. The molecule has 0 aromatic carbocycles. The number of nitrogens with zero attached hydrogens (tertiary/aromatic N) is 1. The zero-order valence-electron chi connectivity index (χ0n) is 11.8. The lowest BCUT2D eigenvalue weighted by Gasteiger charge is -2.35. The Bertz CT molecular complexity index is 529. The van der Waals surface area contributed by atoms with Crippen LogP contribution in [0.15, 0.2) is 18.3 Å². The number of hydrogen-bond acceptors (Lipinski definition) is 5. The van der Waals surface area contributed by atoms with Crippen molar-refractivity contribution in [3.63, 3.8) is 0 Å². The Morgan fingerprint density at radius 3 is 2.81 bits per heavy atom. The van der Waals surface area contributed by atoms with Crippen molar-refractivity contribution >= 4 is 23.6 Å². The molecule has 2 heterocycles. The molecule has 0 radical (unpaired) electrons. The fourth-order valence-electron chi connectivity index (χ4n) is 2.23. The molecular weight excluding hydrogens is 292 g/mol. The summed E-state index contributed by atoms with van der Waals surface area (Å²) in [7, 11) is 0. The van der Waals surface area contributed by atoms with Crippen LogP contribution in [0.5, 0.6) is 0 Å². The second-order valence-electron chi connectivity index (χ2n) is 4.92. The number of carbonyl (C=O) groups is 2. The van der Waals surface area contributed by atoms with E-state index in [1.165, 1.54) is 18.3 Å². The summed E-state index contributed by atoms with van der Waals surface area (Å²) in [6, 6.07) is 2.80. The summed E-state index contributed by atoms with van der Waals surface area (Å²) >= 11 is 1.74. The molecule has 1 amide bonds. The largest absolute Gasteiger partial charge is 0.477 e. The number of carbonyl (C=O) groups excluding carboxylic acids is 1. The molecule has 1 aromatic heterocycles. The summed E-state index contributed by atoms with van der Waals surface area (Å²) in [5.74, 6) is -1.42. The van der Waals surface area contributed by atoms with Crippen molar-refractivity contribution in [2.24, 2.45) is 0 Å². The fourth-order valence-corrected chi connectivity index (χ4v) is 3.02. The molecule has 1 aliphatic heterocycles. The van der Waals surface area contributed by atoms with Crippen molar-refractivity contribution in [3.05, 3.63) is 29.6 Å². The van der Waals surface area contributed by atoms with Gasteiger partial charge in [-0.2, -0.15) is 11.8 Å². The Morgan fingerprint density at radius 1 is 1.48 bits per heavy atom. The average molecular weight is 310 g/mol. The van der Waals surface area contributed by atoms with E-state index in [1.54, 1.807) is 11.8 Å². The average Bonchev–Trinajstić information content (AvgIpc) is 2.53. The van der Waals surface area contributed by atoms with Crippen LogP contribution in [-0.2, 0) is 4.74 Å². The topological polar surface area (TPSA) is 88.5 Å². The zero-order valence-corrected chi connectivity index (χ0v) is 12.6. The number of ether oxygens (including phenoxy) is 1. The molecule has 0 spiro atoms. The van der Waals surface area contributed by atoms with E-state index in [0.29, 0.717) is 25.3 Å². The van der Waals surface area contributed by atoms with Crippen LogP contribution in [-0.4, -0.2) is 52.7 Å². The van der Waals surface area contributed by atoms with Crippen molar-refractivity contribution < 1.29 is 19.4 Å². The number of rotatable bonds is 5. The molecule has 7 heteroatoms. The highest BCUT2D eigenvalue weighted by Crippen LogP contribution is 2.33. The van der Waals surface area contributed by atoms with E-state index in [4.69, 9.17) is 9.84 Å². The van der Waals surface area contributed by atoms with Crippen molar-refractivity contribution in [1.29, 1.82) is 0 Å². The lowest BCUT2D eigenvalue weighted by Crippen LogP contribution is -2.44. The highest BCUT2D eigenvalue weighted by atomic mass is 32.2. The maximum atomic E-state index is 12.1. The molecule has 1 fully saturated rings. The Hall–Kier alpha value is -1.60. The Kier molecular flexibility index (Phi) is 5.19. The van der Waals surface area contributed by atoms with Gasteiger partial charge < -0.3 is 15.2 Å². The molecule has 0 atom stereocenters. The summed E-state index contributed by atoms with van der Waals surface area (Å²) < 4.78 is 5.36. The number of amides is 1. The first-order valence-corrected chi connectivity index (χ1v) is 7.89. The van der Waals surface area contributed by atoms with Gasteiger partial charge >= 0.3 is 5.97 Å². The minimum Gasteiger partial charge on any atom is -0.477 e. The minimum atomic E-state index is -1.14. The van der Waals surface area contributed by atoms with E-state index in [0.717, 1.165) is 12.8 Å². The van der Waals surface area contributed by atoms with Gasteiger partial charge in [-0.15, -0.1) is 0 Å². The van der Waals surface area contributed by atoms with E-state index in [2.05, 4.69) is 10.3 Å². The molecular formula is C14H18N2O4S. The van der Waals surface area contributed by atoms with Gasteiger partial charge in [0.2, 0.25) is 0 Å². The van der Waals surface area contributed by atoms with Crippen LogP contribution < -0.4 is 5.32 Å². The summed E-state index contributed by atoms with van der Waals surface area (Å²) in [6.45, 7) is 1.95. The van der Waals surface area contributed by atoms with E-state index in [9.17, 15) is 9.59 Å². The van der Waals surface area contributed by atoms with Crippen LogP contribution >= 0.6 is 11.8 Å². The van der Waals surface area contributed by atoms with Gasteiger partial charge in [-0.3, -0.25) is 4.79 Å². The number of pyridine rings is 1. The molecule has 2 rings (SSSR count). The maximum Gasteiger partial charge on any atom is 0.354 e. The number of thioether (sulfide) groups is 1. The van der Waals surface area contributed by atoms with Crippen molar-refractivity contribution in [2.45, 2.75) is 17.6 Å². The number of nitrogens with one attached hydrogen (secondary N) is 1. The van der Waals surface area contributed by atoms with Crippen LogP contribution in [0.25, 0.3) is 0 Å². The van der Waals surface area contributed by atoms with Gasteiger partial charge in [0.05, 0.1) is 0 Å². The first-order chi connectivity index (χ1) is 10.1. The second-order valence-corrected chi connectivity index (χ2v) is 6.19. The monoisotopic (exact) mass is 310 g/mol. The van der Waals surface area contributed by atoms with Gasteiger partial charge in [0.1, 0.15) is 5.69 Å². The molecule has 0 aliphatic carbocycles. The van der Waals surface area contributed by atoms with Gasteiger partial charge in [-0.05, 0) is 31.2 Å². The maximum absolute atomic E-state index is 12.1. The summed E-state index contributed by atoms with van der Waals surface area (Å²) in [5, 5.41) is 11.8. The second kappa shape index (κ2) is 6.91. The summed E-state index contributed by atoms with van der Waals surface area (Å²) in [5.41, 5.74) is 0.180. The molecule has 0 unspecified atom stereocenters. The summed E-state index contributed by atoms with van der Waals surface area (Å²) in [4.78, 5) is 26.7. The fraction of sp³-hybridized carbons (Fsp3) is 0.500.